The predicted molar refractivity (Wildman–Crippen MR) is 56.1 cm³/mol. The van der Waals surface area contributed by atoms with E-state index in [4.69, 9.17) is 0 Å². The lowest BCUT2D eigenvalue weighted by atomic mass is 10.3. The van der Waals surface area contributed by atoms with E-state index < -0.39 is 0 Å². The average molecular weight is 179 g/mol. The number of hydrogen-bond acceptors (Lipinski definition) is 1. The zero-order valence-corrected chi connectivity index (χ0v) is 8.68. The molecule has 0 saturated carbocycles. The molecule has 0 amide bonds. The lowest BCUT2D eigenvalue weighted by Crippen LogP contribution is -2.02. The Morgan fingerprint density at radius 2 is 2.08 bits per heavy atom. The van der Waals surface area contributed by atoms with Crippen molar-refractivity contribution in [3.8, 4) is 0 Å². The summed E-state index contributed by atoms with van der Waals surface area (Å²) in [5.74, 6) is 2.15. The van der Waals surface area contributed by atoms with Crippen molar-refractivity contribution in [1.29, 1.82) is 0 Å². The largest absolute Gasteiger partial charge is 0.257 e. The van der Waals surface area contributed by atoms with Gasteiger partial charge < -0.3 is 0 Å². The van der Waals surface area contributed by atoms with Crippen molar-refractivity contribution < 1.29 is 0 Å². The summed E-state index contributed by atoms with van der Waals surface area (Å²) in [5, 5.41) is 0.331. The van der Waals surface area contributed by atoms with Crippen molar-refractivity contribution >= 4 is 14.0 Å². The van der Waals surface area contributed by atoms with Crippen LogP contribution in [0.25, 0.3) is 0 Å². The second-order valence-corrected chi connectivity index (χ2v) is 5.54. The molecule has 0 aromatic carbocycles. The summed E-state index contributed by atoms with van der Waals surface area (Å²) >= 11 is 0. The van der Waals surface area contributed by atoms with Gasteiger partial charge in [0.25, 0.3) is 0 Å². The molecule has 1 rings (SSSR count). The van der Waals surface area contributed by atoms with Gasteiger partial charge in [0.2, 0.25) is 0 Å². The number of pyridine rings is 1. The van der Waals surface area contributed by atoms with Gasteiger partial charge in [-0.25, -0.2) is 0 Å². The van der Waals surface area contributed by atoms with E-state index in [9.17, 15) is 0 Å². The molecule has 0 bridgehead atoms. The summed E-state index contributed by atoms with van der Waals surface area (Å²) in [4.78, 5) is 4.22. The molecule has 1 aromatic heterocycles. The zero-order chi connectivity index (χ0) is 9.03. The summed E-state index contributed by atoms with van der Waals surface area (Å²) < 4.78 is 0. The molecule has 0 aliphatic rings. The number of aromatic nitrogens is 1. The Labute approximate surface area is 75.6 Å². The lowest BCUT2D eigenvalue weighted by molar-refractivity contribution is 0.802. The highest BCUT2D eigenvalue weighted by Crippen LogP contribution is 2.21. The van der Waals surface area contributed by atoms with Crippen molar-refractivity contribution in [3.05, 3.63) is 30.1 Å². The van der Waals surface area contributed by atoms with E-state index in [1.165, 1.54) is 8.20 Å². The first-order valence-corrected chi connectivity index (χ1v) is 5.00. The van der Waals surface area contributed by atoms with Crippen LogP contribution in [0.4, 0.5) is 0 Å². The Kier molecular flexibility index (Phi) is 2.99. The van der Waals surface area contributed by atoms with Gasteiger partial charge in [-0.2, -0.15) is 0 Å². The van der Waals surface area contributed by atoms with Crippen LogP contribution in [-0.4, -0.2) is 15.9 Å². The summed E-state index contributed by atoms with van der Waals surface area (Å²) in [6.45, 7) is 6.65. The van der Waals surface area contributed by atoms with Gasteiger partial charge in [-0.05, 0) is 17.9 Å². The highest BCUT2D eigenvalue weighted by atomic mass is 31.1. The van der Waals surface area contributed by atoms with Crippen LogP contribution in [0.5, 0.6) is 0 Å². The topological polar surface area (TPSA) is 12.9 Å². The van der Waals surface area contributed by atoms with Crippen LogP contribution in [0.15, 0.2) is 24.4 Å². The third kappa shape index (κ3) is 3.64. The molecule has 64 valence electrons. The van der Waals surface area contributed by atoms with Crippen LogP contribution in [0, 0.1) is 0 Å². The minimum atomic E-state index is 0.331. The zero-order valence-electron chi connectivity index (χ0n) is 7.78. The quantitative estimate of drug-likeness (QED) is 0.604. The van der Waals surface area contributed by atoms with Crippen LogP contribution < -0.4 is 0 Å². The van der Waals surface area contributed by atoms with E-state index in [0.717, 1.165) is 5.69 Å². The maximum atomic E-state index is 4.22. The Morgan fingerprint density at radius 3 is 2.58 bits per heavy atom. The maximum absolute atomic E-state index is 4.22. The predicted octanol–water partition coefficient (Wildman–Crippen LogP) is 2.98. The molecule has 0 N–H and O–H groups in total. The van der Waals surface area contributed by atoms with Crippen LogP contribution in [-0.2, 0) is 0 Å². The second kappa shape index (κ2) is 3.82. The highest BCUT2D eigenvalue weighted by molar-refractivity contribution is 7.40. The molecular formula is C10H14NP. The molecule has 0 aliphatic carbocycles. The van der Waals surface area contributed by atoms with Gasteiger partial charge >= 0.3 is 0 Å². The molecule has 1 aromatic rings. The van der Waals surface area contributed by atoms with E-state index in [1.54, 1.807) is 0 Å². The average Bonchev–Trinajstić information content (AvgIpc) is 2.02. The van der Waals surface area contributed by atoms with Gasteiger partial charge in [-0.1, -0.05) is 35.0 Å². The minimum Gasteiger partial charge on any atom is -0.257 e. The first kappa shape index (κ1) is 9.41. The third-order valence-corrected chi connectivity index (χ3v) is 2.44. The SMILES string of the molecule is CC(C)(C)P=Cc1ccccn1. The van der Waals surface area contributed by atoms with Gasteiger partial charge in [0.15, 0.2) is 0 Å². The van der Waals surface area contributed by atoms with Gasteiger partial charge in [0.1, 0.15) is 0 Å². The minimum absolute atomic E-state index is 0.331. The van der Waals surface area contributed by atoms with E-state index >= 15 is 0 Å². The molecule has 0 radical (unpaired) electrons. The Morgan fingerprint density at radius 1 is 1.33 bits per heavy atom. The first-order chi connectivity index (χ1) is 5.58. The van der Waals surface area contributed by atoms with Crippen molar-refractivity contribution in [2.24, 2.45) is 0 Å². The van der Waals surface area contributed by atoms with E-state index in [2.05, 4.69) is 31.6 Å². The van der Waals surface area contributed by atoms with Crippen LogP contribution in [0.2, 0.25) is 0 Å². The molecule has 2 heteroatoms. The normalized spacial score (nSPS) is 12.2. The molecule has 1 heterocycles. The highest BCUT2D eigenvalue weighted by Gasteiger charge is 2.03. The third-order valence-electron chi connectivity index (χ3n) is 1.27. The summed E-state index contributed by atoms with van der Waals surface area (Å²) in [7, 11) is 1.32. The number of rotatable bonds is 1. The van der Waals surface area contributed by atoms with Crippen molar-refractivity contribution in [2.75, 3.05) is 0 Å². The van der Waals surface area contributed by atoms with Crippen molar-refractivity contribution in [1.82, 2.24) is 4.98 Å². The van der Waals surface area contributed by atoms with Crippen LogP contribution >= 0.6 is 8.20 Å². The standard InChI is InChI=1S/C10H14NP/c1-10(2,3)12-8-9-6-4-5-7-11-9/h4-8H,1-3H3. The molecule has 1 nitrogen and oxygen atoms in total. The molecule has 0 saturated heterocycles. The first-order valence-electron chi connectivity index (χ1n) is 4.04. The molecule has 12 heavy (non-hydrogen) atoms. The summed E-state index contributed by atoms with van der Waals surface area (Å²) in [6, 6.07) is 5.97. The van der Waals surface area contributed by atoms with Gasteiger partial charge in [-0.3, -0.25) is 4.98 Å². The fourth-order valence-corrected chi connectivity index (χ4v) is 1.38. The van der Waals surface area contributed by atoms with Gasteiger partial charge in [0, 0.05) is 11.4 Å². The second-order valence-electron chi connectivity index (χ2n) is 3.68. The molecule has 0 fully saturated rings. The maximum Gasteiger partial charge on any atom is 0.0672 e. The van der Waals surface area contributed by atoms with Gasteiger partial charge in [0.05, 0.1) is 5.69 Å². The molecular weight excluding hydrogens is 165 g/mol. The summed E-state index contributed by atoms with van der Waals surface area (Å²) in [5.41, 5.74) is 1.06. The van der Waals surface area contributed by atoms with E-state index in [-0.39, 0.29) is 0 Å². The fourth-order valence-electron chi connectivity index (χ4n) is 0.712. The van der Waals surface area contributed by atoms with Gasteiger partial charge in [-0.15, -0.1) is 0 Å². The van der Waals surface area contributed by atoms with Crippen molar-refractivity contribution in [2.45, 2.75) is 25.9 Å². The number of nitrogens with zero attached hydrogens (tertiary/aromatic N) is 1. The monoisotopic (exact) mass is 179 g/mol. The molecule has 0 spiro atoms. The Bertz CT molecular complexity index is 259. The van der Waals surface area contributed by atoms with E-state index in [1.807, 2.05) is 24.4 Å². The van der Waals surface area contributed by atoms with E-state index in [0.29, 0.717) is 5.16 Å². The van der Waals surface area contributed by atoms with Crippen molar-refractivity contribution in [3.63, 3.8) is 0 Å². The fraction of sp³-hybridized carbons (Fsp3) is 0.400. The lowest BCUT2D eigenvalue weighted by Gasteiger charge is -2.09. The Hall–Kier alpha value is -0.680. The Balaban J connectivity index is 2.71. The molecule has 0 unspecified atom stereocenters. The molecule has 0 aliphatic heterocycles. The van der Waals surface area contributed by atoms with Crippen LogP contribution in [0.1, 0.15) is 26.5 Å². The summed E-state index contributed by atoms with van der Waals surface area (Å²) in [6.07, 6.45) is 1.82. The number of hydrogen-bond donors (Lipinski definition) is 0. The van der Waals surface area contributed by atoms with Crippen LogP contribution in [0.3, 0.4) is 0 Å². The molecule has 0 atom stereocenters. The smallest absolute Gasteiger partial charge is 0.0672 e.